The molecule has 0 N–H and O–H groups in total. The zero-order valence-electron chi connectivity index (χ0n) is 27.0. The Labute approximate surface area is 250 Å². The lowest BCUT2D eigenvalue weighted by molar-refractivity contribution is -0.248. The number of carbonyl (C=O) groups excluding carboxylic acids is 1. The van der Waals surface area contributed by atoms with Crippen LogP contribution < -0.4 is 0 Å². The van der Waals surface area contributed by atoms with E-state index in [-0.39, 0.29) is 17.5 Å². The number of nitrogens with zero attached hydrogens (tertiary/aromatic N) is 1. The van der Waals surface area contributed by atoms with Crippen molar-refractivity contribution in [1.82, 2.24) is 4.98 Å². The fourth-order valence-corrected chi connectivity index (χ4v) is 12.5. The van der Waals surface area contributed by atoms with E-state index in [1.807, 2.05) is 18.2 Å². The highest BCUT2D eigenvalue weighted by atomic mass is 16.5. The topological polar surface area (TPSA) is 39.2 Å². The largest absolute Gasteiger partial charge is 0.459 e. The molecule has 0 amide bonds. The normalized spacial score (nSPS) is 46.6. The maximum Gasteiger partial charge on any atom is 0.331 e. The molecule has 5 aliphatic carbocycles. The second-order valence-corrected chi connectivity index (χ2v) is 16.7. The van der Waals surface area contributed by atoms with Crippen molar-refractivity contribution in [1.29, 1.82) is 0 Å². The summed E-state index contributed by atoms with van der Waals surface area (Å²) in [5, 5.41) is 0. The molecule has 5 aliphatic rings. The number of allylic oxidation sites excluding steroid dienone is 1. The number of ether oxygens (including phenoxy) is 1. The average molecular weight is 558 g/mol. The molecule has 0 aliphatic heterocycles. The molecule has 0 bridgehead atoms. The second-order valence-electron chi connectivity index (χ2n) is 16.7. The summed E-state index contributed by atoms with van der Waals surface area (Å²) >= 11 is 0. The first-order chi connectivity index (χ1) is 19.3. The average Bonchev–Trinajstić information content (AvgIpc) is 3.28. The Morgan fingerprint density at radius 2 is 1.71 bits per heavy atom. The van der Waals surface area contributed by atoms with Crippen molar-refractivity contribution >= 4 is 12.0 Å². The number of hydrogen-bond donors (Lipinski definition) is 0. The molecule has 5 saturated carbocycles. The van der Waals surface area contributed by atoms with Gasteiger partial charge in [-0.25, -0.2) is 4.79 Å². The zero-order valence-corrected chi connectivity index (χ0v) is 27.0. The molecule has 0 radical (unpaired) electrons. The summed E-state index contributed by atoms with van der Waals surface area (Å²) in [6.45, 7) is 22.3. The Morgan fingerprint density at radius 1 is 0.927 bits per heavy atom. The third-order valence-corrected chi connectivity index (χ3v) is 14.8. The van der Waals surface area contributed by atoms with Crippen LogP contribution in [0.3, 0.4) is 0 Å². The summed E-state index contributed by atoms with van der Waals surface area (Å²) in [7, 11) is 0. The molecule has 0 saturated heterocycles. The molecule has 3 nitrogen and oxygen atoms in total. The number of aromatic nitrogens is 1. The summed E-state index contributed by atoms with van der Waals surface area (Å²) in [6.07, 6.45) is 19.9. The van der Waals surface area contributed by atoms with Crippen molar-refractivity contribution < 1.29 is 9.53 Å². The van der Waals surface area contributed by atoms with Gasteiger partial charge in [0.1, 0.15) is 6.10 Å². The van der Waals surface area contributed by atoms with Crippen LogP contribution in [0.5, 0.6) is 0 Å². The van der Waals surface area contributed by atoms with Crippen LogP contribution in [0.2, 0.25) is 0 Å². The van der Waals surface area contributed by atoms with Crippen LogP contribution in [0, 0.1) is 56.7 Å². The van der Waals surface area contributed by atoms with Crippen molar-refractivity contribution in [3.63, 3.8) is 0 Å². The van der Waals surface area contributed by atoms with Crippen molar-refractivity contribution in [3.05, 3.63) is 48.3 Å². The van der Waals surface area contributed by atoms with Gasteiger partial charge < -0.3 is 4.74 Å². The van der Waals surface area contributed by atoms with E-state index >= 15 is 0 Å². The number of rotatable bonds is 4. The standard InChI is InChI=1S/C38H55NO2/c1-25(2)27-15-18-35(5)21-22-37(7)28(33(27)35)12-13-30-36(6)19-17-31(34(3,4)29(36)16-20-38(30,37)8)41-32(40)14-11-26-10-9-23-39-24-26/h9-11,14,23-24,27-31,33H,1,12-13,15-22H2,2-8H3/b14-11+/t27-,28+,29-,30+,31-,33+,35+,36-,37+,38+/m0/s1. The van der Waals surface area contributed by atoms with Crippen LogP contribution in [0.4, 0.5) is 0 Å². The van der Waals surface area contributed by atoms with Gasteiger partial charge in [0.15, 0.2) is 0 Å². The highest BCUT2D eigenvalue weighted by molar-refractivity contribution is 5.87. The Morgan fingerprint density at radius 3 is 2.41 bits per heavy atom. The van der Waals surface area contributed by atoms with Crippen LogP contribution in [-0.4, -0.2) is 17.1 Å². The molecule has 10 atom stereocenters. The van der Waals surface area contributed by atoms with E-state index in [1.165, 1.54) is 63.4 Å². The molecule has 5 fully saturated rings. The molecule has 1 aromatic rings. The third-order valence-electron chi connectivity index (χ3n) is 14.8. The lowest BCUT2D eigenvalue weighted by Gasteiger charge is -2.73. The Balaban J connectivity index is 1.24. The van der Waals surface area contributed by atoms with Gasteiger partial charge in [0.25, 0.3) is 0 Å². The Hall–Kier alpha value is -1.90. The molecule has 1 heterocycles. The molecule has 6 rings (SSSR count). The van der Waals surface area contributed by atoms with Crippen molar-refractivity contribution in [2.45, 2.75) is 119 Å². The maximum absolute atomic E-state index is 12.9. The minimum atomic E-state index is -0.224. The van der Waals surface area contributed by atoms with Gasteiger partial charge in [-0.05, 0) is 140 Å². The summed E-state index contributed by atoms with van der Waals surface area (Å²) in [6, 6.07) is 3.85. The number of esters is 1. The lowest BCUT2D eigenvalue weighted by Crippen LogP contribution is -2.66. The van der Waals surface area contributed by atoms with Gasteiger partial charge in [-0.2, -0.15) is 0 Å². The van der Waals surface area contributed by atoms with E-state index in [9.17, 15) is 4.79 Å². The van der Waals surface area contributed by atoms with Gasteiger partial charge in [-0.3, -0.25) is 4.98 Å². The Bertz CT molecular complexity index is 1220. The van der Waals surface area contributed by atoms with E-state index in [2.05, 4.69) is 60.0 Å². The highest BCUT2D eigenvalue weighted by Crippen LogP contribution is 2.77. The van der Waals surface area contributed by atoms with Crippen molar-refractivity contribution in [2.24, 2.45) is 56.7 Å². The van der Waals surface area contributed by atoms with Crippen LogP contribution in [0.25, 0.3) is 6.08 Å². The number of fused-ring (bicyclic) bond motifs is 7. The summed E-state index contributed by atoms with van der Waals surface area (Å²) in [5.74, 6) is 3.44. The first kappa shape index (κ1) is 29.2. The molecule has 224 valence electrons. The van der Waals surface area contributed by atoms with Crippen molar-refractivity contribution in [2.75, 3.05) is 0 Å². The maximum atomic E-state index is 12.9. The van der Waals surface area contributed by atoms with Gasteiger partial charge in [-0.15, -0.1) is 0 Å². The van der Waals surface area contributed by atoms with Gasteiger partial charge >= 0.3 is 5.97 Å². The van der Waals surface area contributed by atoms with Crippen LogP contribution >= 0.6 is 0 Å². The monoisotopic (exact) mass is 557 g/mol. The van der Waals surface area contributed by atoms with Gasteiger partial charge in [0, 0.05) is 23.9 Å². The third kappa shape index (κ3) is 4.25. The van der Waals surface area contributed by atoms with Gasteiger partial charge in [-0.1, -0.05) is 59.8 Å². The quantitative estimate of drug-likeness (QED) is 0.210. The number of pyridine rings is 1. The SMILES string of the molecule is C=C(C)[C@@H]1CC[C@]2(C)CC[C@]3(C)[C@H](CC[C@@H]4[C@@]5(C)CC[C@H](OC(=O)/C=C/c6cccnc6)C(C)(C)[C@@H]5CC[C@]43C)[C@@H]12. The summed E-state index contributed by atoms with van der Waals surface area (Å²) < 4.78 is 6.23. The van der Waals surface area contributed by atoms with Crippen LogP contribution in [-0.2, 0) is 9.53 Å². The highest BCUT2D eigenvalue weighted by Gasteiger charge is 2.70. The smallest absolute Gasteiger partial charge is 0.331 e. The van der Waals surface area contributed by atoms with E-state index < -0.39 is 0 Å². The van der Waals surface area contributed by atoms with E-state index in [4.69, 9.17) is 4.74 Å². The molecule has 1 aromatic heterocycles. The molecular formula is C38H55NO2. The summed E-state index contributed by atoms with van der Waals surface area (Å²) in [5.41, 5.74) is 3.90. The molecule has 3 heteroatoms. The minimum Gasteiger partial charge on any atom is -0.459 e. The van der Waals surface area contributed by atoms with Crippen LogP contribution in [0.1, 0.15) is 118 Å². The minimum absolute atomic E-state index is 0.0342. The molecule has 0 spiro atoms. The van der Waals surface area contributed by atoms with E-state index in [0.29, 0.717) is 33.5 Å². The fraction of sp³-hybridized carbons (Fsp3) is 0.737. The number of carbonyl (C=O) groups is 1. The number of hydrogen-bond acceptors (Lipinski definition) is 3. The van der Waals surface area contributed by atoms with Gasteiger partial charge in [0.05, 0.1) is 0 Å². The molecule has 0 unspecified atom stereocenters. The van der Waals surface area contributed by atoms with E-state index in [1.54, 1.807) is 18.5 Å². The predicted molar refractivity (Wildman–Crippen MR) is 168 cm³/mol. The zero-order chi connectivity index (χ0) is 29.4. The predicted octanol–water partition coefficient (Wildman–Crippen LogP) is 9.68. The van der Waals surface area contributed by atoms with Crippen molar-refractivity contribution in [3.8, 4) is 0 Å². The first-order valence-electron chi connectivity index (χ1n) is 16.7. The van der Waals surface area contributed by atoms with Crippen LogP contribution in [0.15, 0.2) is 42.8 Å². The summed E-state index contributed by atoms with van der Waals surface area (Å²) in [4.78, 5) is 17.1. The Kier molecular flexibility index (Phi) is 6.99. The molecule has 41 heavy (non-hydrogen) atoms. The molecular weight excluding hydrogens is 502 g/mol. The van der Waals surface area contributed by atoms with E-state index in [0.717, 1.165) is 29.7 Å². The second kappa shape index (κ2) is 9.81. The lowest BCUT2D eigenvalue weighted by atomic mass is 9.32. The fourth-order valence-electron chi connectivity index (χ4n) is 12.5. The first-order valence-corrected chi connectivity index (χ1v) is 16.7. The molecule has 0 aromatic carbocycles. The van der Waals surface area contributed by atoms with Gasteiger partial charge in [0.2, 0.25) is 0 Å².